The Kier molecular flexibility index (Phi) is 6.00. The molecule has 1 atom stereocenters. The molecule has 0 aromatic heterocycles. The summed E-state index contributed by atoms with van der Waals surface area (Å²) < 4.78 is 5.24. The second-order valence-corrected chi connectivity index (χ2v) is 5.23. The number of carbonyl (C=O) groups excluding carboxylic acids is 1. The third kappa shape index (κ3) is 4.72. The van der Waals surface area contributed by atoms with Crippen molar-refractivity contribution in [2.45, 2.75) is 13.0 Å². The summed E-state index contributed by atoms with van der Waals surface area (Å²) in [5.74, 6) is 0.408. The zero-order valence-corrected chi connectivity index (χ0v) is 13.7. The van der Waals surface area contributed by atoms with Crippen molar-refractivity contribution in [2.24, 2.45) is 5.10 Å². The molecule has 23 heavy (non-hydrogen) atoms. The maximum Gasteiger partial charge on any atom is 0.262 e. The summed E-state index contributed by atoms with van der Waals surface area (Å²) in [6, 6.07) is 14.2. The van der Waals surface area contributed by atoms with E-state index < -0.39 is 6.04 Å². The summed E-state index contributed by atoms with van der Waals surface area (Å²) in [6.07, 6.45) is 1.51. The first-order valence-corrected chi connectivity index (χ1v) is 7.46. The van der Waals surface area contributed by atoms with Gasteiger partial charge in [0.2, 0.25) is 0 Å². The molecule has 0 aliphatic rings. The SMILES string of the molecule is COc1ccccc1N[C@H](C)C(=O)N/N=C\c1ccccc1Cl. The third-order valence-electron chi connectivity index (χ3n) is 3.16. The number of benzene rings is 2. The minimum atomic E-state index is -0.477. The van der Waals surface area contributed by atoms with Gasteiger partial charge in [0.15, 0.2) is 0 Å². The first-order chi connectivity index (χ1) is 11.1. The zero-order chi connectivity index (χ0) is 16.7. The highest BCUT2D eigenvalue weighted by Crippen LogP contribution is 2.23. The molecule has 2 aromatic carbocycles. The molecule has 0 spiro atoms. The van der Waals surface area contributed by atoms with E-state index in [-0.39, 0.29) is 5.91 Å². The fourth-order valence-corrected chi connectivity index (χ4v) is 2.09. The van der Waals surface area contributed by atoms with E-state index in [1.54, 1.807) is 20.1 Å². The number of nitrogens with zero attached hydrogens (tertiary/aromatic N) is 1. The number of amides is 1. The van der Waals surface area contributed by atoms with Crippen LogP contribution in [-0.2, 0) is 4.79 Å². The molecule has 2 aromatic rings. The number of halogens is 1. The van der Waals surface area contributed by atoms with Crippen molar-refractivity contribution in [1.82, 2.24) is 5.43 Å². The Hall–Kier alpha value is -2.53. The van der Waals surface area contributed by atoms with Gasteiger partial charge in [-0.2, -0.15) is 5.10 Å². The van der Waals surface area contributed by atoms with E-state index >= 15 is 0 Å². The second kappa shape index (κ2) is 8.19. The minimum Gasteiger partial charge on any atom is -0.495 e. The number of methoxy groups -OCH3 is 1. The average Bonchev–Trinajstić information content (AvgIpc) is 2.57. The Bertz CT molecular complexity index is 704. The molecule has 0 unspecified atom stereocenters. The van der Waals surface area contributed by atoms with Crippen molar-refractivity contribution >= 4 is 29.4 Å². The Morgan fingerprint density at radius 3 is 2.65 bits per heavy atom. The lowest BCUT2D eigenvalue weighted by molar-refractivity contribution is -0.121. The molecule has 1 amide bonds. The van der Waals surface area contributed by atoms with Crippen LogP contribution in [0.1, 0.15) is 12.5 Å². The van der Waals surface area contributed by atoms with Crippen LogP contribution in [0.25, 0.3) is 0 Å². The Balaban J connectivity index is 1.94. The summed E-state index contributed by atoms with van der Waals surface area (Å²) in [5.41, 5.74) is 3.96. The number of ether oxygens (including phenoxy) is 1. The van der Waals surface area contributed by atoms with Crippen LogP contribution >= 0.6 is 11.6 Å². The Labute approximate surface area is 140 Å². The van der Waals surface area contributed by atoms with E-state index in [4.69, 9.17) is 16.3 Å². The summed E-state index contributed by atoms with van der Waals surface area (Å²) in [4.78, 5) is 12.1. The number of hydrogen-bond donors (Lipinski definition) is 2. The van der Waals surface area contributed by atoms with Gasteiger partial charge in [0.1, 0.15) is 11.8 Å². The van der Waals surface area contributed by atoms with E-state index in [1.807, 2.05) is 42.5 Å². The Morgan fingerprint density at radius 1 is 1.22 bits per heavy atom. The number of rotatable bonds is 6. The maximum atomic E-state index is 12.1. The van der Waals surface area contributed by atoms with Gasteiger partial charge in [-0.3, -0.25) is 4.79 Å². The number of anilines is 1. The van der Waals surface area contributed by atoms with Crippen LogP contribution < -0.4 is 15.5 Å². The lowest BCUT2D eigenvalue weighted by Crippen LogP contribution is -2.35. The minimum absolute atomic E-state index is 0.265. The summed E-state index contributed by atoms with van der Waals surface area (Å²) >= 11 is 6.01. The monoisotopic (exact) mass is 331 g/mol. The quantitative estimate of drug-likeness (QED) is 0.630. The van der Waals surface area contributed by atoms with Crippen LogP contribution in [0.5, 0.6) is 5.75 Å². The van der Waals surface area contributed by atoms with E-state index in [2.05, 4.69) is 15.8 Å². The van der Waals surface area contributed by atoms with Crippen molar-refractivity contribution in [3.8, 4) is 5.75 Å². The van der Waals surface area contributed by atoms with E-state index in [9.17, 15) is 4.79 Å². The van der Waals surface area contributed by atoms with Gasteiger partial charge >= 0.3 is 0 Å². The highest BCUT2D eigenvalue weighted by Gasteiger charge is 2.13. The van der Waals surface area contributed by atoms with Crippen LogP contribution in [0.15, 0.2) is 53.6 Å². The van der Waals surface area contributed by atoms with Crippen LogP contribution in [0, 0.1) is 0 Å². The molecule has 2 N–H and O–H groups in total. The van der Waals surface area contributed by atoms with Crippen LogP contribution in [0.3, 0.4) is 0 Å². The molecule has 0 saturated heterocycles. The van der Waals surface area contributed by atoms with E-state index in [0.717, 1.165) is 11.3 Å². The first kappa shape index (κ1) is 16.8. The van der Waals surface area contributed by atoms with Crippen molar-refractivity contribution in [3.63, 3.8) is 0 Å². The molecule has 0 aliphatic carbocycles. The molecular formula is C17H18ClN3O2. The second-order valence-electron chi connectivity index (χ2n) is 4.82. The highest BCUT2D eigenvalue weighted by molar-refractivity contribution is 6.33. The molecule has 5 nitrogen and oxygen atoms in total. The molecular weight excluding hydrogens is 314 g/mol. The number of para-hydroxylation sites is 2. The number of carbonyl (C=O) groups is 1. The van der Waals surface area contributed by atoms with Crippen LogP contribution in [0.2, 0.25) is 5.02 Å². The summed E-state index contributed by atoms with van der Waals surface area (Å²) in [7, 11) is 1.58. The van der Waals surface area contributed by atoms with Gasteiger partial charge in [-0.25, -0.2) is 5.43 Å². The largest absolute Gasteiger partial charge is 0.495 e. The van der Waals surface area contributed by atoms with E-state index in [0.29, 0.717) is 10.8 Å². The Morgan fingerprint density at radius 2 is 1.91 bits per heavy atom. The molecule has 0 heterocycles. The molecule has 6 heteroatoms. The van der Waals surface area contributed by atoms with Gasteiger partial charge in [0.25, 0.3) is 5.91 Å². The number of nitrogens with one attached hydrogen (secondary N) is 2. The fraction of sp³-hybridized carbons (Fsp3) is 0.176. The third-order valence-corrected chi connectivity index (χ3v) is 3.50. The topological polar surface area (TPSA) is 62.7 Å². The average molecular weight is 332 g/mol. The number of hydrazone groups is 1. The molecule has 0 radical (unpaired) electrons. The highest BCUT2D eigenvalue weighted by atomic mass is 35.5. The van der Waals surface area contributed by atoms with Crippen molar-refractivity contribution in [1.29, 1.82) is 0 Å². The molecule has 2 rings (SSSR count). The van der Waals surface area contributed by atoms with Crippen LogP contribution in [0.4, 0.5) is 5.69 Å². The zero-order valence-electron chi connectivity index (χ0n) is 12.9. The standard InChI is InChI=1S/C17H18ClN3O2/c1-12(20-15-9-5-6-10-16(15)23-2)17(22)21-19-11-13-7-3-4-8-14(13)18/h3-12,20H,1-2H3,(H,21,22)/b19-11-/t12-/m1/s1. The molecule has 120 valence electrons. The first-order valence-electron chi connectivity index (χ1n) is 7.09. The molecule has 0 fully saturated rings. The summed E-state index contributed by atoms with van der Waals surface area (Å²) in [6.45, 7) is 1.74. The lowest BCUT2D eigenvalue weighted by Gasteiger charge is -2.15. The molecule has 0 aliphatic heterocycles. The smallest absolute Gasteiger partial charge is 0.262 e. The van der Waals surface area contributed by atoms with Crippen LogP contribution in [-0.4, -0.2) is 25.3 Å². The van der Waals surface area contributed by atoms with Gasteiger partial charge < -0.3 is 10.1 Å². The normalized spacial score (nSPS) is 12.0. The van der Waals surface area contributed by atoms with Gasteiger partial charge in [0, 0.05) is 10.6 Å². The van der Waals surface area contributed by atoms with Crippen molar-refractivity contribution in [2.75, 3.05) is 12.4 Å². The fourth-order valence-electron chi connectivity index (χ4n) is 1.90. The van der Waals surface area contributed by atoms with Crippen molar-refractivity contribution in [3.05, 3.63) is 59.1 Å². The van der Waals surface area contributed by atoms with E-state index in [1.165, 1.54) is 6.21 Å². The van der Waals surface area contributed by atoms with Gasteiger partial charge in [-0.15, -0.1) is 0 Å². The molecule has 0 saturated carbocycles. The van der Waals surface area contributed by atoms with Gasteiger partial charge in [-0.05, 0) is 25.1 Å². The van der Waals surface area contributed by atoms with Gasteiger partial charge in [-0.1, -0.05) is 41.9 Å². The maximum absolute atomic E-state index is 12.1. The molecule has 0 bridgehead atoms. The predicted molar refractivity (Wildman–Crippen MR) is 93.3 cm³/mol. The lowest BCUT2D eigenvalue weighted by atomic mass is 10.2. The summed E-state index contributed by atoms with van der Waals surface area (Å²) in [5, 5.41) is 7.59. The van der Waals surface area contributed by atoms with Crippen molar-refractivity contribution < 1.29 is 9.53 Å². The predicted octanol–water partition coefficient (Wildman–Crippen LogP) is 3.30. The number of hydrogen-bond acceptors (Lipinski definition) is 4. The van der Waals surface area contributed by atoms with Gasteiger partial charge in [0.05, 0.1) is 19.0 Å².